The average Bonchev–Trinajstić information content (AvgIpc) is 3.37. The highest BCUT2D eigenvalue weighted by Gasteiger charge is 2.55. The Morgan fingerprint density at radius 3 is 2.56 bits per heavy atom. The molecule has 1 aliphatic carbocycles. The number of halogens is 1. The maximum atomic E-state index is 13.3. The number of rotatable bonds is 3. The Hall–Kier alpha value is -2.59. The van der Waals surface area contributed by atoms with E-state index in [0.29, 0.717) is 17.3 Å². The molecule has 2 aliphatic rings. The maximum absolute atomic E-state index is 13.3. The van der Waals surface area contributed by atoms with Gasteiger partial charge in [-0.3, -0.25) is 4.79 Å². The molecule has 2 aromatic carbocycles. The van der Waals surface area contributed by atoms with Crippen LogP contribution in [-0.4, -0.2) is 22.5 Å². The molecule has 0 atom stereocenters. The van der Waals surface area contributed by atoms with E-state index in [0.717, 1.165) is 37.1 Å². The SMILES string of the molecule is O=C(N1CCc2ccccc2C1)C1(c2cc(-c3ccc(Cl)cc3)on2)CC1. The first kappa shape index (κ1) is 16.6. The van der Waals surface area contributed by atoms with Gasteiger partial charge < -0.3 is 9.42 Å². The van der Waals surface area contributed by atoms with Gasteiger partial charge in [-0.2, -0.15) is 0 Å². The molecular formula is C22H19ClN2O2. The molecule has 4 nitrogen and oxygen atoms in total. The van der Waals surface area contributed by atoms with E-state index in [9.17, 15) is 4.79 Å². The first-order chi connectivity index (χ1) is 13.2. The van der Waals surface area contributed by atoms with Crippen molar-refractivity contribution in [2.75, 3.05) is 6.54 Å². The van der Waals surface area contributed by atoms with Crippen LogP contribution < -0.4 is 0 Å². The lowest BCUT2D eigenvalue weighted by Crippen LogP contribution is -2.42. The molecule has 0 bridgehead atoms. The Bertz CT molecular complexity index is 1010. The number of benzene rings is 2. The summed E-state index contributed by atoms with van der Waals surface area (Å²) in [6.45, 7) is 1.44. The smallest absolute Gasteiger partial charge is 0.235 e. The van der Waals surface area contributed by atoms with Crippen LogP contribution in [0.15, 0.2) is 59.1 Å². The topological polar surface area (TPSA) is 46.3 Å². The standard InChI is InChI=1S/C22H19ClN2O2/c23-18-7-5-16(6-8-18)19-13-20(24-27-19)22(10-11-22)21(26)25-12-9-15-3-1-2-4-17(15)14-25/h1-8,13H,9-12,14H2. The predicted octanol–water partition coefficient (Wildman–Crippen LogP) is 4.61. The molecular weight excluding hydrogens is 360 g/mol. The van der Waals surface area contributed by atoms with Gasteiger partial charge in [0.1, 0.15) is 0 Å². The Morgan fingerprint density at radius 2 is 1.81 bits per heavy atom. The van der Waals surface area contributed by atoms with E-state index in [-0.39, 0.29) is 5.91 Å². The van der Waals surface area contributed by atoms with E-state index in [2.05, 4.69) is 23.4 Å². The highest BCUT2D eigenvalue weighted by Crippen LogP contribution is 2.50. The molecule has 27 heavy (non-hydrogen) atoms. The fraction of sp³-hybridized carbons (Fsp3) is 0.273. The van der Waals surface area contributed by atoms with E-state index in [4.69, 9.17) is 16.1 Å². The summed E-state index contributed by atoms with van der Waals surface area (Å²) >= 11 is 5.95. The summed E-state index contributed by atoms with van der Waals surface area (Å²) in [6, 6.07) is 17.7. The summed E-state index contributed by atoms with van der Waals surface area (Å²) in [7, 11) is 0. The van der Waals surface area contributed by atoms with E-state index < -0.39 is 5.41 Å². The summed E-state index contributed by atoms with van der Waals surface area (Å²) in [5, 5.41) is 4.93. The summed E-state index contributed by atoms with van der Waals surface area (Å²) in [6.07, 6.45) is 2.57. The second-order valence-electron chi connectivity index (χ2n) is 7.41. The molecule has 136 valence electrons. The van der Waals surface area contributed by atoms with Crippen molar-refractivity contribution >= 4 is 17.5 Å². The van der Waals surface area contributed by atoms with Crippen LogP contribution in [0, 0.1) is 0 Å². The molecule has 1 aliphatic heterocycles. The predicted molar refractivity (Wildman–Crippen MR) is 103 cm³/mol. The highest BCUT2D eigenvalue weighted by molar-refractivity contribution is 6.30. The quantitative estimate of drug-likeness (QED) is 0.668. The molecule has 1 aromatic heterocycles. The van der Waals surface area contributed by atoms with Crippen molar-refractivity contribution in [1.82, 2.24) is 10.1 Å². The Morgan fingerprint density at radius 1 is 1.07 bits per heavy atom. The number of hydrogen-bond acceptors (Lipinski definition) is 3. The van der Waals surface area contributed by atoms with Gasteiger partial charge in [-0.1, -0.05) is 41.0 Å². The molecule has 3 aromatic rings. The van der Waals surface area contributed by atoms with Gasteiger partial charge in [-0.05, 0) is 54.7 Å². The fourth-order valence-corrected chi connectivity index (χ4v) is 4.05. The molecule has 1 amide bonds. The Labute approximate surface area is 162 Å². The van der Waals surface area contributed by atoms with Gasteiger partial charge in [0.05, 0.1) is 11.1 Å². The zero-order valence-electron chi connectivity index (χ0n) is 14.8. The summed E-state index contributed by atoms with van der Waals surface area (Å²) in [5.41, 5.74) is 3.73. The fourth-order valence-electron chi connectivity index (χ4n) is 3.93. The molecule has 1 saturated carbocycles. The minimum atomic E-state index is -0.513. The van der Waals surface area contributed by atoms with Crippen molar-refractivity contribution in [1.29, 1.82) is 0 Å². The maximum Gasteiger partial charge on any atom is 0.235 e. The molecule has 5 heteroatoms. The molecule has 0 radical (unpaired) electrons. The number of aromatic nitrogens is 1. The first-order valence-corrected chi connectivity index (χ1v) is 9.63. The molecule has 5 rings (SSSR count). The summed E-state index contributed by atoms with van der Waals surface area (Å²) in [4.78, 5) is 15.3. The third kappa shape index (κ3) is 2.85. The third-order valence-electron chi connectivity index (χ3n) is 5.71. The Balaban J connectivity index is 1.39. The van der Waals surface area contributed by atoms with Gasteiger partial charge in [0.25, 0.3) is 0 Å². The molecule has 2 heterocycles. The van der Waals surface area contributed by atoms with Crippen LogP contribution in [0.1, 0.15) is 29.7 Å². The molecule has 0 N–H and O–H groups in total. The zero-order valence-corrected chi connectivity index (χ0v) is 15.6. The van der Waals surface area contributed by atoms with Crippen molar-refractivity contribution in [3.8, 4) is 11.3 Å². The van der Waals surface area contributed by atoms with Crippen molar-refractivity contribution in [2.45, 2.75) is 31.2 Å². The number of nitrogens with zero attached hydrogens (tertiary/aromatic N) is 2. The van der Waals surface area contributed by atoms with Crippen LogP contribution in [0.5, 0.6) is 0 Å². The van der Waals surface area contributed by atoms with E-state index >= 15 is 0 Å². The highest BCUT2D eigenvalue weighted by atomic mass is 35.5. The third-order valence-corrected chi connectivity index (χ3v) is 5.96. The number of carbonyl (C=O) groups excluding carboxylic acids is 1. The van der Waals surface area contributed by atoms with Gasteiger partial charge in [0.15, 0.2) is 5.76 Å². The largest absolute Gasteiger partial charge is 0.356 e. The molecule has 0 unspecified atom stereocenters. The van der Waals surface area contributed by atoms with Crippen LogP contribution in [0.25, 0.3) is 11.3 Å². The van der Waals surface area contributed by atoms with Crippen molar-refractivity contribution in [2.24, 2.45) is 0 Å². The van der Waals surface area contributed by atoms with Gasteiger partial charge in [0.2, 0.25) is 5.91 Å². The second-order valence-corrected chi connectivity index (χ2v) is 7.85. The molecule has 1 fully saturated rings. The van der Waals surface area contributed by atoms with Crippen molar-refractivity contribution in [3.05, 3.63) is 76.4 Å². The lowest BCUT2D eigenvalue weighted by Gasteiger charge is -2.31. The molecule has 0 saturated heterocycles. The lowest BCUT2D eigenvalue weighted by atomic mass is 9.95. The van der Waals surface area contributed by atoms with Gasteiger partial charge >= 0.3 is 0 Å². The second kappa shape index (κ2) is 6.24. The summed E-state index contributed by atoms with van der Waals surface area (Å²) < 4.78 is 5.55. The zero-order chi connectivity index (χ0) is 18.4. The van der Waals surface area contributed by atoms with Gasteiger partial charge in [-0.25, -0.2) is 0 Å². The van der Waals surface area contributed by atoms with Crippen LogP contribution in [-0.2, 0) is 23.2 Å². The average molecular weight is 379 g/mol. The van der Waals surface area contributed by atoms with E-state index in [1.54, 1.807) is 0 Å². The van der Waals surface area contributed by atoms with E-state index in [1.807, 2.05) is 41.3 Å². The summed E-state index contributed by atoms with van der Waals surface area (Å²) in [5.74, 6) is 0.845. The number of carbonyl (C=O) groups is 1. The first-order valence-electron chi connectivity index (χ1n) is 9.25. The monoisotopic (exact) mass is 378 g/mol. The van der Waals surface area contributed by atoms with E-state index in [1.165, 1.54) is 11.1 Å². The number of amides is 1. The van der Waals surface area contributed by atoms with Gasteiger partial charge in [0, 0.05) is 29.7 Å². The van der Waals surface area contributed by atoms with Gasteiger partial charge in [-0.15, -0.1) is 0 Å². The van der Waals surface area contributed by atoms with Crippen molar-refractivity contribution in [3.63, 3.8) is 0 Å². The molecule has 0 spiro atoms. The number of hydrogen-bond donors (Lipinski definition) is 0. The van der Waals surface area contributed by atoms with Crippen LogP contribution in [0.2, 0.25) is 5.02 Å². The van der Waals surface area contributed by atoms with Crippen LogP contribution >= 0.6 is 11.6 Å². The Kier molecular flexibility index (Phi) is 3.83. The minimum Gasteiger partial charge on any atom is -0.356 e. The van der Waals surface area contributed by atoms with Crippen LogP contribution in [0.3, 0.4) is 0 Å². The normalized spacial score (nSPS) is 17.4. The lowest BCUT2D eigenvalue weighted by molar-refractivity contribution is -0.135. The number of fused-ring (bicyclic) bond motifs is 1. The van der Waals surface area contributed by atoms with Crippen molar-refractivity contribution < 1.29 is 9.32 Å². The minimum absolute atomic E-state index is 0.174. The van der Waals surface area contributed by atoms with Crippen LogP contribution in [0.4, 0.5) is 0 Å².